The molecule has 0 N–H and O–H groups in total. The summed E-state index contributed by atoms with van der Waals surface area (Å²) in [6.45, 7) is 7.47. The molecule has 106 valence electrons. The van der Waals surface area contributed by atoms with Crippen LogP contribution < -0.4 is 0 Å². The molecule has 1 aliphatic carbocycles. The Morgan fingerprint density at radius 2 is 1.22 bits per heavy atom. The van der Waals surface area contributed by atoms with Crippen LogP contribution in [0.3, 0.4) is 0 Å². The largest absolute Gasteiger partial charge is 0.300 e. The van der Waals surface area contributed by atoms with Crippen LogP contribution in [0.2, 0.25) is 0 Å². The number of piperidine rings is 1. The molecule has 0 atom stereocenters. The fourth-order valence-corrected chi connectivity index (χ4v) is 4.22. The first kappa shape index (κ1) is 14.4. The molecular formula is C17H33N. The van der Waals surface area contributed by atoms with Gasteiger partial charge < -0.3 is 4.90 Å². The maximum Gasteiger partial charge on any atom is 0.00954 e. The van der Waals surface area contributed by atoms with Crippen molar-refractivity contribution in [2.24, 2.45) is 11.8 Å². The van der Waals surface area contributed by atoms with Crippen LogP contribution in [-0.4, -0.2) is 24.0 Å². The van der Waals surface area contributed by atoms with Gasteiger partial charge in [0.2, 0.25) is 0 Å². The Hall–Kier alpha value is -0.0400. The van der Waals surface area contributed by atoms with Gasteiger partial charge >= 0.3 is 0 Å². The average Bonchev–Trinajstić information content (AvgIpc) is 2.41. The van der Waals surface area contributed by atoms with Gasteiger partial charge in [0.25, 0.3) is 0 Å². The third-order valence-electron chi connectivity index (χ3n) is 5.38. The topological polar surface area (TPSA) is 3.24 Å². The van der Waals surface area contributed by atoms with Gasteiger partial charge in [-0.05, 0) is 63.5 Å². The Labute approximate surface area is 114 Å². The monoisotopic (exact) mass is 251 g/mol. The van der Waals surface area contributed by atoms with Gasteiger partial charge in [-0.3, -0.25) is 0 Å². The molecule has 0 aromatic rings. The van der Waals surface area contributed by atoms with E-state index in [9.17, 15) is 0 Å². The van der Waals surface area contributed by atoms with Crippen LogP contribution in [0.4, 0.5) is 0 Å². The van der Waals surface area contributed by atoms with Crippen molar-refractivity contribution in [2.45, 2.75) is 84.1 Å². The third-order valence-corrected chi connectivity index (χ3v) is 5.38. The normalized spacial score (nSPS) is 31.7. The predicted molar refractivity (Wildman–Crippen MR) is 79.9 cm³/mol. The molecule has 2 fully saturated rings. The molecule has 1 saturated carbocycles. The van der Waals surface area contributed by atoms with Crippen molar-refractivity contribution in [3.05, 3.63) is 0 Å². The highest BCUT2D eigenvalue weighted by atomic mass is 15.2. The lowest BCUT2D eigenvalue weighted by molar-refractivity contribution is 0.0908. The Kier molecular flexibility index (Phi) is 6.01. The zero-order valence-electron chi connectivity index (χ0n) is 12.7. The molecule has 0 aromatic heterocycles. The van der Waals surface area contributed by atoms with Crippen molar-refractivity contribution in [3.8, 4) is 0 Å². The maximum atomic E-state index is 2.83. The van der Waals surface area contributed by atoms with E-state index < -0.39 is 0 Å². The molecule has 0 bridgehead atoms. The van der Waals surface area contributed by atoms with Crippen LogP contribution >= 0.6 is 0 Å². The van der Waals surface area contributed by atoms with Crippen LogP contribution in [0.1, 0.15) is 78.1 Å². The van der Waals surface area contributed by atoms with E-state index in [1.54, 1.807) is 0 Å². The van der Waals surface area contributed by atoms with Crippen molar-refractivity contribution in [3.63, 3.8) is 0 Å². The van der Waals surface area contributed by atoms with Crippen LogP contribution in [0.5, 0.6) is 0 Å². The first-order chi connectivity index (χ1) is 8.83. The fraction of sp³-hybridized carbons (Fsp3) is 1.00. The van der Waals surface area contributed by atoms with Gasteiger partial charge in [-0.1, -0.05) is 39.5 Å². The Morgan fingerprint density at radius 1 is 0.722 bits per heavy atom. The smallest absolute Gasteiger partial charge is 0.00954 e. The molecule has 0 amide bonds. The molecule has 2 aliphatic rings. The average molecular weight is 251 g/mol. The minimum Gasteiger partial charge on any atom is -0.300 e. The zero-order valence-corrected chi connectivity index (χ0v) is 12.7. The Bertz CT molecular complexity index is 186. The second kappa shape index (κ2) is 7.53. The zero-order chi connectivity index (χ0) is 12.8. The van der Waals surface area contributed by atoms with Crippen molar-refractivity contribution >= 4 is 0 Å². The summed E-state index contributed by atoms with van der Waals surface area (Å²) < 4.78 is 0. The highest BCUT2D eigenvalue weighted by molar-refractivity contribution is 4.83. The molecule has 18 heavy (non-hydrogen) atoms. The van der Waals surface area contributed by atoms with E-state index in [4.69, 9.17) is 0 Å². The molecule has 0 radical (unpaired) electrons. The predicted octanol–water partition coefficient (Wildman–Crippen LogP) is 4.86. The lowest BCUT2D eigenvalue weighted by Crippen LogP contribution is -2.43. The maximum absolute atomic E-state index is 2.83. The van der Waals surface area contributed by atoms with Gasteiger partial charge in [-0.2, -0.15) is 0 Å². The third kappa shape index (κ3) is 3.98. The lowest BCUT2D eigenvalue weighted by Gasteiger charge is -2.41. The summed E-state index contributed by atoms with van der Waals surface area (Å²) in [5, 5.41) is 0. The number of rotatable bonds is 5. The van der Waals surface area contributed by atoms with E-state index in [0.717, 1.165) is 17.9 Å². The quantitative estimate of drug-likeness (QED) is 0.674. The Balaban J connectivity index is 1.68. The molecule has 1 nitrogen and oxygen atoms in total. The molecule has 2 rings (SSSR count). The van der Waals surface area contributed by atoms with Gasteiger partial charge in [0.05, 0.1) is 0 Å². The summed E-state index contributed by atoms with van der Waals surface area (Å²) in [4.78, 5) is 2.83. The molecule has 1 saturated heterocycles. The van der Waals surface area contributed by atoms with Gasteiger partial charge in [-0.25, -0.2) is 0 Å². The van der Waals surface area contributed by atoms with Crippen molar-refractivity contribution in [1.29, 1.82) is 0 Å². The first-order valence-corrected chi connectivity index (χ1v) is 8.57. The summed E-state index contributed by atoms with van der Waals surface area (Å²) in [5.41, 5.74) is 0. The molecule has 1 aliphatic heterocycles. The number of hydrogen-bond acceptors (Lipinski definition) is 1. The minimum absolute atomic E-state index is 0.945. The number of hydrogen-bond donors (Lipinski definition) is 0. The van der Waals surface area contributed by atoms with E-state index in [0.29, 0.717) is 0 Å². The van der Waals surface area contributed by atoms with E-state index in [2.05, 4.69) is 18.7 Å². The SMILES string of the molecule is CCCC1CCN([C@H]2CC[C@H](CCC)CC2)CC1. The molecule has 0 spiro atoms. The minimum atomic E-state index is 0.945. The molecular weight excluding hydrogens is 218 g/mol. The van der Waals surface area contributed by atoms with E-state index in [1.165, 1.54) is 77.3 Å². The van der Waals surface area contributed by atoms with E-state index >= 15 is 0 Å². The van der Waals surface area contributed by atoms with Gasteiger partial charge in [0.15, 0.2) is 0 Å². The van der Waals surface area contributed by atoms with Crippen LogP contribution in [-0.2, 0) is 0 Å². The summed E-state index contributed by atoms with van der Waals surface area (Å²) in [6, 6.07) is 0.945. The second-order valence-corrected chi connectivity index (χ2v) is 6.73. The summed E-state index contributed by atoms with van der Waals surface area (Å²) in [6.07, 6.45) is 14.7. The number of nitrogens with zero attached hydrogens (tertiary/aromatic N) is 1. The van der Waals surface area contributed by atoms with Crippen molar-refractivity contribution in [1.82, 2.24) is 4.90 Å². The molecule has 0 aromatic carbocycles. The summed E-state index contributed by atoms with van der Waals surface area (Å²) in [7, 11) is 0. The van der Waals surface area contributed by atoms with Gasteiger partial charge in [0, 0.05) is 6.04 Å². The standard InChI is InChI=1S/C17H33N/c1-3-5-15-7-9-17(10-8-15)18-13-11-16(6-4-2)12-14-18/h15-17H,3-14H2,1-2H3/t15-,17-. The van der Waals surface area contributed by atoms with Crippen LogP contribution in [0, 0.1) is 11.8 Å². The Morgan fingerprint density at radius 3 is 1.72 bits per heavy atom. The van der Waals surface area contributed by atoms with Crippen LogP contribution in [0.15, 0.2) is 0 Å². The highest BCUT2D eigenvalue weighted by Gasteiger charge is 2.28. The van der Waals surface area contributed by atoms with E-state index in [1.807, 2.05) is 0 Å². The van der Waals surface area contributed by atoms with Crippen LogP contribution in [0.25, 0.3) is 0 Å². The number of likely N-dealkylation sites (tertiary alicyclic amines) is 1. The van der Waals surface area contributed by atoms with Crippen molar-refractivity contribution < 1.29 is 0 Å². The molecule has 0 unspecified atom stereocenters. The fourth-order valence-electron chi connectivity index (χ4n) is 4.22. The highest BCUT2D eigenvalue weighted by Crippen LogP contribution is 2.32. The second-order valence-electron chi connectivity index (χ2n) is 6.73. The van der Waals surface area contributed by atoms with E-state index in [-0.39, 0.29) is 0 Å². The first-order valence-electron chi connectivity index (χ1n) is 8.57. The lowest BCUT2D eigenvalue weighted by atomic mass is 9.82. The molecule has 1 heterocycles. The molecule has 1 heteroatoms. The van der Waals surface area contributed by atoms with Gasteiger partial charge in [0.1, 0.15) is 0 Å². The van der Waals surface area contributed by atoms with Crippen molar-refractivity contribution in [2.75, 3.05) is 13.1 Å². The van der Waals surface area contributed by atoms with Gasteiger partial charge in [-0.15, -0.1) is 0 Å². The summed E-state index contributed by atoms with van der Waals surface area (Å²) >= 11 is 0. The summed E-state index contributed by atoms with van der Waals surface area (Å²) in [5.74, 6) is 2.10.